The van der Waals surface area contributed by atoms with Crippen molar-refractivity contribution in [1.29, 1.82) is 0 Å². The van der Waals surface area contributed by atoms with Crippen LogP contribution in [0.1, 0.15) is 54.7 Å². The van der Waals surface area contributed by atoms with E-state index in [0.717, 1.165) is 25.1 Å². The number of fused-ring (bicyclic) bond motifs is 1. The molecule has 1 saturated heterocycles. The van der Waals surface area contributed by atoms with Crippen molar-refractivity contribution in [3.8, 4) is 0 Å². The van der Waals surface area contributed by atoms with Gasteiger partial charge in [-0.25, -0.2) is 0 Å². The van der Waals surface area contributed by atoms with Crippen molar-refractivity contribution in [3.05, 3.63) is 52.9 Å². The molecule has 2 aliphatic rings. The van der Waals surface area contributed by atoms with Crippen molar-refractivity contribution in [3.63, 3.8) is 0 Å². The van der Waals surface area contributed by atoms with Crippen LogP contribution in [-0.4, -0.2) is 22.6 Å². The third-order valence-electron chi connectivity index (χ3n) is 5.49. The predicted molar refractivity (Wildman–Crippen MR) is 91.3 cm³/mol. The van der Waals surface area contributed by atoms with Gasteiger partial charge in [0.2, 0.25) is 0 Å². The fourth-order valence-electron chi connectivity index (χ4n) is 4.17. The Bertz CT molecular complexity index is 634. The average Bonchev–Trinajstić information content (AvgIpc) is 3.22. The van der Waals surface area contributed by atoms with Gasteiger partial charge in [0.05, 0.1) is 0 Å². The van der Waals surface area contributed by atoms with E-state index >= 15 is 0 Å². The Labute approximate surface area is 138 Å². The summed E-state index contributed by atoms with van der Waals surface area (Å²) in [5, 5.41) is 4.40. The first-order valence-electron chi connectivity index (χ1n) is 9.14. The van der Waals surface area contributed by atoms with Gasteiger partial charge in [0, 0.05) is 24.6 Å². The summed E-state index contributed by atoms with van der Waals surface area (Å²) >= 11 is 0. The highest BCUT2D eigenvalue weighted by Gasteiger charge is 2.27. The highest BCUT2D eigenvalue weighted by atomic mass is 16.5. The fourth-order valence-corrected chi connectivity index (χ4v) is 4.17. The minimum atomic E-state index is 0.700. The van der Waals surface area contributed by atoms with Gasteiger partial charge in [0.15, 0.2) is 0 Å². The number of aryl methyl sites for hydroxylation is 2. The Morgan fingerprint density at radius 3 is 2.87 bits per heavy atom. The van der Waals surface area contributed by atoms with Crippen LogP contribution >= 0.6 is 0 Å². The number of hydrogen-bond acceptors (Lipinski definition) is 3. The van der Waals surface area contributed by atoms with Crippen LogP contribution in [0, 0.1) is 0 Å². The minimum absolute atomic E-state index is 0.700. The molecule has 1 unspecified atom stereocenters. The van der Waals surface area contributed by atoms with E-state index in [0.29, 0.717) is 6.04 Å². The maximum Gasteiger partial charge on any atom is 0.140 e. The molecule has 1 atom stereocenters. The highest BCUT2D eigenvalue weighted by Crippen LogP contribution is 2.28. The van der Waals surface area contributed by atoms with E-state index < -0.39 is 0 Å². The van der Waals surface area contributed by atoms with Gasteiger partial charge in [-0.05, 0) is 57.1 Å². The number of aromatic nitrogens is 1. The molecule has 23 heavy (non-hydrogen) atoms. The van der Waals surface area contributed by atoms with Gasteiger partial charge in [-0.1, -0.05) is 35.5 Å². The summed E-state index contributed by atoms with van der Waals surface area (Å²) in [6, 6.07) is 11.6. The van der Waals surface area contributed by atoms with Crippen LogP contribution in [0.4, 0.5) is 0 Å². The van der Waals surface area contributed by atoms with Crippen molar-refractivity contribution in [2.75, 3.05) is 6.54 Å². The molecule has 2 heterocycles. The number of nitrogens with zero attached hydrogens (tertiary/aromatic N) is 2. The van der Waals surface area contributed by atoms with Crippen molar-refractivity contribution >= 4 is 0 Å². The van der Waals surface area contributed by atoms with Crippen molar-refractivity contribution in [2.45, 2.75) is 64.0 Å². The third-order valence-corrected chi connectivity index (χ3v) is 5.49. The summed E-state index contributed by atoms with van der Waals surface area (Å²) < 4.78 is 5.59. The van der Waals surface area contributed by atoms with Crippen LogP contribution in [0.3, 0.4) is 0 Å². The summed E-state index contributed by atoms with van der Waals surface area (Å²) in [5.41, 5.74) is 4.09. The molecular formula is C20H26N2O. The predicted octanol–water partition coefficient (Wildman–Crippen LogP) is 4.15. The average molecular weight is 310 g/mol. The molecule has 0 N–H and O–H groups in total. The molecule has 1 aliphatic carbocycles. The molecular weight excluding hydrogens is 284 g/mol. The minimum Gasteiger partial charge on any atom is -0.361 e. The lowest BCUT2D eigenvalue weighted by atomic mass is 9.96. The molecule has 1 aliphatic heterocycles. The first-order chi connectivity index (χ1) is 11.4. The van der Waals surface area contributed by atoms with Crippen LogP contribution in [0.25, 0.3) is 0 Å². The van der Waals surface area contributed by atoms with Crippen LogP contribution in [0.5, 0.6) is 0 Å². The van der Waals surface area contributed by atoms with Gasteiger partial charge in [0.1, 0.15) is 11.5 Å². The maximum atomic E-state index is 5.59. The number of likely N-dealkylation sites (tertiary alicyclic amines) is 1. The van der Waals surface area contributed by atoms with Crippen LogP contribution in [0.15, 0.2) is 34.9 Å². The van der Waals surface area contributed by atoms with E-state index in [1.165, 1.54) is 61.9 Å². The van der Waals surface area contributed by atoms with Gasteiger partial charge in [-0.2, -0.15) is 0 Å². The van der Waals surface area contributed by atoms with Gasteiger partial charge in [0.25, 0.3) is 0 Å². The van der Waals surface area contributed by atoms with E-state index in [4.69, 9.17) is 4.52 Å². The Kier molecular flexibility index (Phi) is 4.47. The zero-order valence-corrected chi connectivity index (χ0v) is 13.8. The second-order valence-corrected chi connectivity index (χ2v) is 7.03. The molecule has 122 valence electrons. The van der Waals surface area contributed by atoms with Crippen LogP contribution < -0.4 is 0 Å². The number of rotatable bonds is 5. The first kappa shape index (κ1) is 14.9. The molecule has 3 heteroatoms. The van der Waals surface area contributed by atoms with Crippen molar-refractivity contribution in [1.82, 2.24) is 10.1 Å². The standard InChI is InChI=1S/C20H26N2O/c1-2-7-16(8-3-1)12-13-17-9-6-14-22(17)15-19-18-10-4-5-11-20(18)23-21-19/h1-3,7-8,17H,4-6,9-15H2. The molecule has 4 rings (SSSR count). The molecule has 0 spiro atoms. The Morgan fingerprint density at radius 2 is 1.96 bits per heavy atom. The first-order valence-corrected chi connectivity index (χ1v) is 9.14. The van der Waals surface area contributed by atoms with E-state index in [1.807, 2.05) is 0 Å². The summed E-state index contributed by atoms with van der Waals surface area (Å²) in [7, 11) is 0. The Hall–Kier alpha value is -1.61. The zero-order chi connectivity index (χ0) is 15.5. The van der Waals surface area contributed by atoms with Crippen molar-refractivity contribution < 1.29 is 4.52 Å². The Morgan fingerprint density at radius 1 is 1.09 bits per heavy atom. The van der Waals surface area contributed by atoms with Crippen molar-refractivity contribution in [2.24, 2.45) is 0 Å². The summed E-state index contributed by atoms with van der Waals surface area (Å²) in [6.45, 7) is 2.19. The maximum absolute atomic E-state index is 5.59. The number of benzene rings is 1. The van der Waals surface area contributed by atoms with Crippen LogP contribution in [-0.2, 0) is 25.8 Å². The highest BCUT2D eigenvalue weighted by molar-refractivity contribution is 5.25. The molecule has 1 aromatic heterocycles. The second kappa shape index (κ2) is 6.88. The molecule has 1 aromatic carbocycles. The zero-order valence-electron chi connectivity index (χ0n) is 13.8. The molecule has 0 radical (unpaired) electrons. The van der Waals surface area contributed by atoms with Gasteiger partial charge in [-0.3, -0.25) is 4.90 Å². The van der Waals surface area contributed by atoms with E-state index in [2.05, 4.69) is 40.4 Å². The third kappa shape index (κ3) is 3.35. The lowest BCUT2D eigenvalue weighted by molar-refractivity contribution is 0.227. The van der Waals surface area contributed by atoms with E-state index in [-0.39, 0.29) is 0 Å². The monoisotopic (exact) mass is 310 g/mol. The lowest BCUT2D eigenvalue weighted by Crippen LogP contribution is -2.30. The summed E-state index contributed by atoms with van der Waals surface area (Å²) in [5.74, 6) is 1.16. The molecule has 2 aromatic rings. The van der Waals surface area contributed by atoms with Gasteiger partial charge >= 0.3 is 0 Å². The topological polar surface area (TPSA) is 29.3 Å². The smallest absolute Gasteiger partial charge is 0.140 e. The fraction of sp³-hybridized carbons (Fsp3) is 0.550. The molecule has 0 amide bonds. The van der Waals surface area contributed by atoms with E-state index in [1.54, 1.807) is 0 Å². The molecule has 0 saturated carbocycles. The van der Waals surface area contributed by atoms with E-state index in [9.17, 15) is 0 Å². The molecule has 1 fully saturated rings. The SMILES string of the molecule is c1ccc(CCC2CCCN2Cc2noc3c2CCCC3)cc1. The molecule has 0 bridgehead atoms. The molecule has 3 nitrogen and oxygen atoms in total. The van der Waals surface area contributed by atoms with Crippen LogP contribution in [0.2, 0.25) is 0 Å². The van der Waals surface area contributed by atoms with Gasteiger partial charge < -0.3 is 4.52 Å². The second-order valence-electron chi connectivity index (χ2n) is 7.03. The largest absolute Gasteiger partial charge is 0.361 e. The summed E-state index contributed by atoms with van der Waals surface area (Å²) in [4.78, 5) is 2.63. The normalized spacial score (nSPS) is 21.5. The summed E-state index contributed by atoms with van der Waals surface area (Å²) in [6.07, 6.45) is 9.87. The number of hydrogen-bond donors (Lipinski definition) is 0. The quantitative estimate of drug-likeness (QED) is 0.831. The lowest BCUT2D eigenvalue weighted by Gasteiger charge is -2.24. The van der Waals surface area contributed by atoms with Gasteiger partial charge in [-0.15, -0.1) is 0 Å². The Balaban J connectivity index is 1.39.